The van der Waals surface area contributed by atoms with Crippen LogP contribution in [0, 0.1) is 0 Å². The average molecular weight is 419 g/mol. The molecule has 17 heteroatoms. The maximum atomic E-state index is 11.9. The zero-order valence-electron chi connectivity index (χ0n) is 12.6. The maximum absolute atomic E-state index is 11.9. The van der Waals surface area contributed by atoms with Crippen LogP contribution in [0.1, 0.15) is 6.23 Å². The molecule has 5 atom stereocenters. The molecule has 1 aromatic rings. The molecule has 1 unspecified atom stereocenters. The minimum atomic E-state index is -5.41. The average Bonchev–Trinajstić information content (AvgIpc) is 2.75. The molecule has 148 valence electrons. The van der Waals surface area contributed by atoms with Crippen molar-refractivity contribution in [1.29, 1.82) is 0 Å². The van der Waals surface area contributed by atoms with Gasteiger partial charge in [0, 0.05) is 0 Å². The van der Waals surface area contributed by atoms with E-state index in [1.807, 2.05) is 0 Å². The van der Waals surface area contributed by atoms with Gasteiger partial charge in [-0.2, -0.15) is 9.29 Å². The minimum Gasteiger partial charge on any atom is -0.398 e. The van der Waals surface area contributed by atoms with Gasteiger partial charge in [0.25, 0.3) is 0 Å². The molecule has 0 saturated carbocycles. The topological polar surface area (TPSA) is 244 Å². The van der Waals surface area contributed by atoms with Crippen LogP contribution in [0.15, 0.2) is 11.0 Å². The monoisotopic (exact) mass is 419 g/mol. The molecule has 15 nitrogen and oxygen atoms in total. The molecule has 0 amide bonds. The lowest BCUT2D eigenvalue weighted by atomic mass is 10.1. The van der Waals surface area contributed by atoms with Crippen LogP contribution in [0.25, 0.3) is 0 Å². The highest BCUT2D eigenvalue weighted by atomic mass is 31.3. The van der Waals surface area contributed by atoms with Crippen molar-refractivity contribution in [2.75, 3.05) is 12.3 Å². The Morgan fingerprint density at radius 3 is 2.38 bits per heavy atom. The van der Waals surface area contributed by atoms with E-state index in [2.05, 4.69) is 13.8 Å². The number of ether oxygens (including phenoxy) is 1. The highest BCUT2D eigenvalue weighted by molar-refractivity contribution is 7.60. The Hall–Kier alpha value is -1.38. The first kappa shape index (κ1) is 20.9. The first-order valence-electron chi connectivity index (χ1n) is 6.65. The molecule has 2 heterocycles. The number of aliphatic hydroxyl groups excluding tert-OH is 3. The Bertz CT molecular complexity index is 823. The van der Waals surface area contributed by atoms with E-state index in [0.717, 1.165) is 0 Å². The molecule has 1 aliphatic heterocycles. The van der Waals surface area contributed by atoms with Crippen LogP contribution in [0.2, 0.25) is 0 Å². The van der Waals surface area contributed by atoms with Crippen molar-refractivity contribution in [1.82, 2.24) is 9.55 Å². The van der Waals surface area contributed by atoms with Crippen LogP contribution >= 0.6 is 15.6 Å². The molecular weight excluding hydrogens is 404 g/mol. The molecule has 26 heavy (non-hydrogen) atoms. The summed E-state index contributed by atoms with van der Waals surface area (Å²) in [6, 6.07) is 0. The molecule has 2 rings (SSSR count). The molecule has 0 radical (unpaired) electrons. The van der Waals surface area contributed by atoms with Crippen LogP contribution in [0.3, 0.4) is 0 Å². The summed E-state index contributed by atoms with van der Waals surface area (Å²) in [5.74, 6) is -1.54. The van der Waals surface area contributed by atoms with Crippen LogP contribution in [-0.4, -0.2) is 64.5 Å². The molecule has 0 bridgehead atoms. The number of hydrogen-bond acceptors (Lipinski definition) is 11. The van der Waals surface area contributed by atoms with E-state index >= 15 is 0 Å². The maximum Gasteiger partial charge on any atom is 0.536 e. The number of anilines is 1. The summed E-state index contributed by atoms with van der Waals surface area (Å²) in [5, 5.41) is 28.6. The van der Waals surface area contributed by atoms with Gasteiger partial charge in [-0.15, -0.1) is 0 Å². The Morgan fingerprint density at radius 1 is 1.27 bits per heavy atom. The van der Waals surface area contributed by atoms with Crippen molar-refractivity contribution in [3.8, 4) is 5.75 Å². The third-order valence-electron chi connectivity index (χ3n) is 3.16. The van der Waals surface area contributed by atoms with Crippen LogP contribution < -0.4 is 15.9 Å². The van der Waals surface area contributed by atoms with Gasteiger partial charge < -0.3 is 40.1 Å². The molecule has 0 spiro atoms. The molecule has 1 fully saturated rings. The molecule has 0 aliphatic carbocycles. The van der Waals surface area contributed by atoms with Gasteiger partial charge >= 0.3 is 21.3 Å². The summed E-state index contributed by atoms with van der Waals surface area (Å²) in [5.41, 5.74) is 4.23. The third-order valence-corrected chi connectivity index (χ3v) is 5.26. The number of nitrogens with two attached hydrogens (primary N) is 1. The number of nitrogen functional groups attached to an aromatic ring is 1. The van der Waals surface area contributed by atoms with Crippen molar-refractivity contribution in [3.63, 3.8) is 0 Å². The van der Waals surface area contributed by atoms with E-state index in [9.17, 15) is 29.0 Å². The number of phosphoric acid groups is 2. The fourth-order valence-electron chi connectivity index (χ4n) is 2.10. The van der Waals surface area contributed by atoms with Crippen molar-refractivity contribution in [2.24, 2.45) is 0 Å². The normalized spacial score (nSPS) is 28.7. The van der Waals surface area contributed by atoms with Gasteiger partial charge in [0.2, 0.25) is 0 Å². The lowest BCUT2D eigenvalue weighted by Crippen LogP contribution is -2.36. The fraction of sp³-hybridized carbons (Fsp3) is 0.556. The van der Waals surface area contributed by atoms with E-state index < -0.39 is 64.0 Å². The summed E-state index contributed by atoms with van der Waals surface area (Å²) >= 11 is 0. The Morgan fingerprint density at radius 2 is 1.88 bits per heavy atom. The summed E-state index contributed by atoms with van der Waals surface area (Å²) in [6.07, 6.45) is -5.38. The van der Waals surface area contributed by atoms with Crippen LogP contribution in [0.5, 0.6) is 5.75 Å². The van der Waals surface area contributed by atoms with Gasteiger partial charge in [0.05, 0.1) is 12.8 Å². The second-order valence-corrected chi connectivity index (χ2v) is 7.80. The summed E-state index contributed by atoms with van der Waals surface area (Å²) in [7, 11) is -10.8. The van der Waals surface area contributed by atoms with Gasteiger partial charge in [-0.25, -0.2) is 13.9 Å². The summed E-state index contributed by atoms with van der Waals surface area (Å²) in [6.45, 7) is -0.683. The van der Waals surface area contributed by atoms with Gasteiger partial charge in [-0.05, 0) is 0 Å². The zero-order chi connectivity index (χ0) is 19.9. The number of hydrogen-bond donors (Lipinski definition) is 7. The van der Waals surface area contributed by atoms with Gasteiger partial charge in [-0.1, -0.05) is 0 Å². The Balaban J connectivity index is 2.37. The summed E-state index contributed by atoms with van der Waals surface area (Å²) in [4.78, 5) is 41.6. The molecule has 8 N–H and O–H groups in total. The van der Waals surface area contributed by atoms with Crippen molar-refractivity contribution in [2.45, 2.75) is 24.5 Å². The smallest absolute Gasteiger partial charge is 0.398 e. The number of rotatable bonds is 6. The largest absolute Gasteiger partial charge is 0.536 e. The fourth-order valence-corrected chi connectivity index (χ4v) is 3.70. The predicted octanol–water partition coefficient (Wildman–Crippen LogP) is -2.97. The Kier molecular flexibility index (Phi) is 5.90. The zero-order valence-corrected chi connectivity index (χ0v) is 14.4. The number of aliphatic hydroxyl groups is 3. The lowest BCUT2D eigenvalue weighted by molar-refractivity contribution is -0.0551. The molecule has 1 aliphatic rings. The Labute approximate surface area is 144 Å². The molecular formula is C9H15N3O12P2. The second kappa shape index (κ2) is 7.32. The van der Waals surface area contributed by atoms with Gasteiger partial charge in [-0.3, -0.25) is 9.46 Å². The molecule has 0 aromatic carbocycles. The van der Waals surface area contributed by atoms with E-state index in [1.165, 1.54) is 0 Å². The second-order valence-electron chi connectivity index (χ2n) is 5.04. The van der Waals surface area contributed by atoms with Crippen molar-refractivity contribution < 1.29 is 52.7 Å². The molecule has 1 aromatic heterocycles. The molecule has 1 saturated heterocycles. The van der Waals surface area contributed by atoms with E-state index in [1.54, 1.807) is 0 Å². The number of aromatic nitrogens is 2. The summed E-state index contributed by atoms with van der Waals surface area (Å²) < 4.78 is 35.8. The quantitative estimate of drug-likeness (QED) is 0.228. The first-order valence-corrected chi connectivity index (χ1v) is 9.67. The lowest BCUT2D eigenvalue weighted by Gasteiger charge is -2.19. The van der Waals surface area contributed by atoms with E-state index in [4.69, 9.17) is 25.4 Å². The van der Waals surface area contributed by atoms with Crippen LogP contribution in [-0.2, 0) is 18.2 Å². The van der Waals surface area contributed by atoms with Crippen LogP contribution in [0.4, 0.5) is 5.82 Å². The van der Waals surface area contributed by atoms with Crippen molar-refractivity contribution in [3.05, 3.63) is 16.7 Å². The van der Waals surface area contributed by atoms with E-state index in [0.29, 0.717) is 10.8 Å². The SMILES string of the molecule is Nc1nc(=O)n([C@@H]2O[C@H](CO)[C@@H](O)[C@H]2O)cc1OP(=O)(O)OP(=O)(O)O. The standard InChI is InChI=1S/C9H15N3O12P2/c10-7-3(23-26(20,21)24-25(17,18)19)1-12(9(16)11-7)8-6(15)5(14)4(2-13)22-8/h1,4-6,8,13-15H,2H2,(H,20,21)(H2,10,11,16)(H2,17,18,19)/t4-,5-,6-,8-/m1/s1. The minimum absolute atomic E-state index is 0.534. The van der Waals surface area contributed by atoms with Gasteiger partial charge in [0.15, 0.2) is 17.8 Å². The highest BCUT2D eigenvalue weighted by Crippen LogP contribution is 2.57. The van der Waals surface area contributed by atoms with E-state index in [-0.39, 0.29) is 0 Å². The number of nitrogens with zero attached hydrogens (tertiary/aromatic N) is 2. The third kappa shape index (κ3) is 4.66. The van der Waals surface area contributed by atoms with Gasteiger partial charge in [0.1, 0.15) is 18.3 Å². The number of phosphoric ester groups is 1. The first-order chi connectivity index (χ1) is 11.8. The van der Waals surface area contributed by atoms with Crippen molar-refractivity contribution >= 4 is 21.5 Å². The predicted molar refractivity (Wildman–Crippen MR) is 79.5 cm³/mol. The highest BCUT2D eigenvalue weighted by Gasteiger charge is 2.44.